The molecular formula is C33H43N9O5. The average molecular weight is 646 g/mol. The highest BCUT2D eigenvalue weighted by molar-refractivity contribution is 5.82. The van der Waals surface area contributed by atoms with Crippen molar-refractivity contribution in [3.8, 4) is 6.01 Å². The first-order valence-corrected chi connectivity index (χ1v) is 16.0. The van der Waals surface area contributed by atoms with Crippen molar-refractivity contribution < 1.29 is 19.1 Å². The number of nitrogen functional groups attached to an aromatic ring is 1. The highest BCUT2D eigenvalue weighted by Crippen LogP contribution is 2.19. The third-order valence-corrected chi connectivity index (χ3v) is 8.20. The zero-order valence-corrected chi connectivity index (χ0v) is 27.1. The number of rotatable bonds is 15. The minimum atomic E-state index is -0.350. The number of imidazole rings is 1. The minimum absolute atomic E-state index is 0.000577. The summed E-state index contributed by atoms with van der Waals surface area (Å²) in [6.45, 7) is 6.96. The largest absolute Gasteiger partial charge is 0.469 e. The van der Waals surface area contributed by atoms with E-state index in [1.165, 1.54) is 11.7 Å². The van der Waals surface area contributed by atoms with Gasteiger partial charge in [-0.05, 0) is 36.1 Å². The fraction of sp³-hybridized carbons (Fsp3) is 0.455. The Kier molecular flexibility index (Phi) is 11.4. The van der Waals surface area contributed by atoms with Crippen molar-refractivity contribution in [2.45, 2.75) is 45.7 Å². The Bertz CT molecular complexity index is 1680. The molecule has 0 aliphatic carbocycles. The standard InChI is InChI=1S/C33H43N9O5/c1-3-4-20-47-32-37-30(34)29-31(38-32)42(33(45)36-29)15-7-14-41(22-25-11-9-24(10-12-25)21-28(44)46-2)27(43)23-39-16-18-40(19-17-39)26-8-5-6-13-35-26/h5-6,8-13H,3-4,7,14-23H2,1-2H3,(H,36,45)(H2,34,37,38). The molecule has 0 radical (unpaired) electrons. The predicted octanol–water partition coefficient (Wildman–Crippen LogP) is 2.23. The van der Waals surface area contributed by atoms with E-state index >= 15 is 0 Å². The number of fused-ring (bicyclic) bond motifs is 1. The number of hydrogen-bond donors (Lipinski definition) is 2. The molecule has 0 saturated carbocycles. The lowest BCUT2D eigenvalue weighted by Crippen LogP contribution is -2.50. The van der Waals surface area contributed by atoms with Crippen LogP contribution in [-0.2, 0) is 33.8 Å². The summed E-state index contributed by atoms with van der Waals surface area (Å²) in [5.41, 5.74) is 8.28. The molecule has 0 unspecified atom stereocenters. The summed E-state index contributed by atoms with van der Waals surface area (Å²) in [7, 11) is 1.37. The van der Waals surface area contributed by atoms with Crippen LogP contribution in [0.3, 0.4) is 0 Å². The number of nitrogens with zero attached hydrogens (tertiary/aromatic N) is 7. The summed E-state index contributed by atoms with van der Waals surface area (Å²) in [5, 5.41) is 0. The molecule has 1 aromatic carbocycles. The maximum absolute atomic E-state index is 13.8. The number of hydrogen-bond acceptors (Lipinski definition) is 11. The van der Waals surface area contributed by atoms with E-state index in [-0.39, 0.29) is 42.4 Å². The number of amides is 1. The van der Waals surface area contributed by atoms with Crippen molar-refractivity contribution in [1.82, 2.24) is 34.3 Å². The third kappa shape index (κ3) is 8.85. The lowest BCUT2D eigenvalue weighted by molar-refractivity contribution is -0.139. The number of aromatic nitrogens is 5. The van der Waals surface area contributed by atoms with Gasteiger partial charge in [0.2, 0.25) is 5.91 Å². The SMILES string of the molecule is CCCCOc1nc(N)c2[nH]c(=O)n(CCCN(Cc3ccc(CC(=O)OC)cc3)C(=O)CN3CCN(c4ccccn4)CC3)c2n1. The van der Waals surface area contributed by atoms with Gasteiger partial charge in [-0.25, -0.2) is 9.78 Å². The summed E-state index contributed by atoms with van der Waals surface area (Å²) in [4.78, 5) is 60.4. The molecule has 1 amide bonds. The highest BCUT2D eigenvalue weighted by Gasteiger charge is 2.23. The highest BCUT2D eigenvalue weighted by atomic mass is 16.5. The summed E-state index contributed by atoms with van der Waals surface area (Å²) < 4.78 is 12.0. The van der Waals surface area contributed by atoms with Gasteiger partial charge in [-0.3, -0.25) is 19.1 Å². The molecule has 47 heavy (non-hydrogen) atoms. The first-order valence-electron chi connectivity index (χ1n) is 16.0. The van der Waals surface area contributed by atoms with Crippen LogP contribution in [0.1, 0.15) is 37.3 Å². The number of H-pyrrole nitrogens is 1. The van der Waals surface area contributed by atoms with Crippen LogP contribution in [0.5, 0.6) is 6.01 Å². The molecule has 3 aromatic heterocycles. The maximum Gasteiger partial charge on any atom is 0.327 e. The molecule has 4 heterocycles. The molecule has 0 bridgehead atoms. The fourth-order valence-electron chi connectivity index (χ4n) is 5.51. The van der Waals surface area contributed by atoms with Crippen molar-refractivity contribution in [2.75, 3.05) is 63.6 Å². The smallest absolute Gasteiger partial charge is 0.327 e. The van der Waals surface area contributed by atoms with Crippen molar-refractivity contribution in [3.63, 3.8) is 0 Å². The van der Waals surface area contributed by atoms with Gasteiger partial charge in [-0.2, -0.15) is 9.97 Å². The Hall–Kier alpha value is -4.98. The van der Waals surface area contributed by atoms with Crippen LogP contribution in [0.25, 0.3) is 11.2 Å². The Labute approximate surface area is 273 Å². The number of piperazine rings is 1. The van der Waals surface area contributed by atoms with Crippen LogP contribution >= 0.6 is 0 Å². The van der Waals surface area contributed by atoms with Gasteiger partial charge in [-0.15, -0.1) is 0 Å². The Morgan fingerprint density at radius 1 is 1.02 bits per heavy atom. The molecule has 1 saturated heterocycles. The molecule has 1 aliphatic heterocycles. The first kappa shape index (κ1) is 33.4. The van der Waals surface area contributed by atoms with Gasteiger partial charge in [0, 0.05) is 52.0 Å². The first-order chi connectivity index (χ1) is 22.8. The van der Waals surface area contributed by atoms with E-state index in [4.69, 9.17) is 15.2 Å². The summed E-state index contributed by atoms with van der Waals surface area (Å²) >= 11 is 0. The number of nitrogens with two attached hydrogens (primary N) is 1. The third-order valence-electron chi connectivity index (χ3n) is 8.20. The molecule has 3 N–H and O–H groups in total. The van der Waals surface area contributed by atoms with E-state index in [2.05, 4.69) is 36.7 Å². The number of anilines is 2. The second-order valence-electron chi connectivity index (χ2n) is 11.6. The fourth-order valence-corrected chi connectivity index (χ4v) is 5.51. The van der Waals surface area contributed by atoms with Crippen LogP contribution in [0.2, 0.25) is 0 Å². The topological polar surface area (TPSA) is 165 Å². The second-order valence-corrected chi connectivity index (χ2v) is 11.6. The summed E-state index contributed by atoms with van der Waals surface area (Å²) in [5.74, 6) is 0.777. The molecule has 5 rings (SSSR count). The molecule has 14 nitrogen and oxygen atoms in total. The number of carbonyl (C=O) groups is 2. The minimum Gasteiger partial charge on any atom is -0.469 e. The van der Waals surface area contributed by atoms with Crippen LogP contribution in [0.15, 0.2) is 53.5 Å². The molecule has 250 valence electrons. The number of aryl methyl sites for hydroxylation is 1. The second kappa shape index (κ2) is 16.0. The van der Waals surface area contributed by atoms with Gasteiger partial charge in [-0.1, -0.05) is 43.7 Å². The molecular weight excluding hydrogens is 602 g/mol. The Morgan fingerprint density at radius 2 is 1.79 bits per heavy atom. The van der Waals surface area contributed by atoms with Gasteiger partial charge in [0.05, 0.1) is 26.7 Å². The van der Waals surface area contributed by atoms with E-state index in [0.717, 1.165) is 56.0 Å². The van der Waals surface area contributed by atoms with E-state index in [1.807, 2.05) is 47.4 Å². The van der Waals surface area contributed by atoms with Gasteiger partial charge in [0.25, 0.3) is 0 Å². The molecule has 14 heteroatoms. The van der Waals surface area contributed by atoms with E-state index in [1.54, 1.807) is 6.20 Å². The maximum atomic E-state index is 13.8. The molecule has 1 aliphatic rings. The monoisotopic (exact) mass is 645 g/mol. The van der Waals surface area contributed by atoms with Crippen molar-refractivity contribution in [2.24, 2.45) is 0 Å². The average Bonchev–Trinajstić information content (AvgIpc) is 3.41. The van der Waals surface area contributed by atoms with Gasteiger partial charge < -0.3 is 30.0 Å². The van der Waals surface area contributed by atoms with Crippen molar-refractivity contribution in [3.05, 3.63) is 70.3 Å². The molecule has 0 spiro atoms. The predicted molar refractivity (Wildman–Crippen MR) is 178 cm³/mol. The molecule has 1 fully saturated rings. The van der Waals surface area contributed by atoms with E-state index < -0.39 is 0 Å². The Morgan fingerprint density at radius 3 is 2.49 bits per heavy atom. The zero-order valence-electron chi connectivity index (χ0n) is 27.1. The lowest BCUT2D eigenvalue weighted by atomic mass is 10.1. The Balaban J connectivity index is 1.26. The molecule has 4 aromatic rings. The van der Waals surface area contributed by atoms with Crippen LogP contribution < -0.4 is 21.1 Å². The van der Waals surface area contributed by atoms with Crippen LogP contribution in [0.4, 0.5) is 11.6 Å². The number of methoxy groups -OCH3 is 1. The van der Waals surface area contributed by atoms with Crippen LogP contribution in [0, 0.1) is 0 Å². The number of pyridine rings is 1. The lowest BCUT2D eigenvalue weighted by Gasteiger charge is -2.36. The van der Waals surface area contributed by atoms with Gasteiger partial charge in [0.1, 0.15) is 11.3 Å². The summed E-state index contributed by atoms with van der Waals surface area (Å²) in [6, 6.07) is 13.6. The van der Waals surface area contributed by atoms with E-state index in [9.17, 15) is 14.4 Å². The number of aromatic amines is 1. The van der Waals surface area contributed by atoms with Gasteiger partial charge in [0.15, 0.2) is 11.5 Å². The number of nitrogens with one attached hydrogen (secondary N) is 1. The molecule has 0 atom stereocenters. The number of carbonyl (C=O) groups excluding carboxylic acids is 2. The number of esters is 1. The van der Waals surface area contributed by atoms with Crippen LogP contribution in [-0.4, -0.2) is 99.2 Å². The number of unbranched alkanes of at least 4 members (excludes halogenated alkanes) is 1. The number of ether oxygens (including phenoxy) is 2. The van der Waals surface area contributed by atoms with Gasteiger partial charge >= 0.3 is 17.7 Å². The quantitative estimate of drug-likeness (QED) is 0.144. The zero-order chi connectivity index (χ0) is 33.2. The summed E-state index contributed by atoms with van der Waals surface area (Å²) in [6.07, 6.45) is 4.28. The van der Waals surface area contributed by atoms with Crippen molar-refractivity contribution >= 4 is 34.7 Å². The normalized spacial score (nSPS) is 13.5. The number of benzene rings is 1. The van der Waals surface area contributed by atoms with Crippen molar-refractivity contribution in [1.29, 1.82) is 0 Å². The van der Waals surface area contributed by atoms with E-state index in [0.29, 0.717) is 43.8 Å².